The van der Waals surface area contributed by atoms with E-state index in [4.69, 9.17) is 5.11 Å². The fraction of sp³-hybridized carbons (Fsp3) is 1.00. The summed E-state index contributed by atoms with van der Waals surface area (Å²) in [5.41, 5.74) is 0. The molecule has 1 aliphatic heterocycles. The molecule has 0 aromatic carbocycles. The number of hydrogen-bond donors (Lipinski definition) is 1. The molecule has 0 saturated carbocycles. The van der Waals surface area contributed by atoms with Crippen molar-refractivity contribution in [3.63, 3.8) is 0 Å². The van der Waals surface area contributed by atoms with Crippen LogP contribution < -0.4 is 0 Å². The predicted octanol–water partition coefficient (Wildman–Crippen LogP) is 1.22. The number of aliphatic hydroxyl groups is 1. The lowest BCUT2D eigenvalue weighted by Crippen LogP contribution is -2.17. The van der Waals surface area contributed by atoms with E-state index in [2.05, 4.69) is 20.7 Å². The van der Waals surface area contributed by atoms with E-state index >= 15 is 0 Å². The Balaban J connectivity index is 2.60. The molecule has 0 atom stereocenters. The highest BCUT2D eigenvalue weighted by molar-refractivity contribution is 7.99. The number of rotatable bonds is 3. The zero-order valence-electron chi connectivity index (χ0n) is 5.56. The van der Waals surface area contributed by atoms with Crippen LogP contribution in [0.3, 0.4) is 0 Å². The van der Waals surface area contributed by atoms with E-state index in [1.165, 1.54) is 11.8 Å². The Bertz CT molecular complexity index is 157. The second-order valence-electron chi connectivity index (χ2n) is 1.80. The molecule has 10 heavy (non-hydrogen) atoms. The maximum Gasteiger partial charge on any atom is 0.242 e. The van der Waals surface area contributed by atoms with Crippen LogP contribution >= 0.6 is 11.8 Å². The van der Waals surface area contributed by atoms with Gasteiger partial charge in [0, 0.05) is 13.0 Å². The minimum atomic E-state index is -0.630. The van der Waals surface area contributed by atoms with E-state index in [9.17, 15) is 0 Å². The van der Waals surface area contributed by atoms with Crippen LogP contribution in [0.15, 0.2) is 20.7 Å². The molecule has 6 heteroatoms. The molecule has 0 unspecified atom stereocenters. The van der Waals surface area contributed by atoms with Gasteiger partial charge in [0.2, 0.25) is 4.99 Å². The Morgan fingerprint density at radius 3 is 2.40 bits per heavy atom. The number of hydrogen-bond acceptors (Lipinski definition) is 6. The summed E-state index contributed by atoms with van der Waals surface area (Å²) in [7, 11) is 0. The minimum Gasteiger partial charge on any atom is -0.396 e. The van der Waals surface area contributed by atoms with Gasteiger partial charge in [-0.05, 0) is 16.7 Å². The lowest BCUT2D eigenvalue weighted by molar-refractivity contribution is 0.270. The highest BCUT2D eigenvalue weighted by Crippen LogP contribution is 2.33. The van der Waals surface area contributed by atoms with Gasteiger partial charge < -0.3 is 5.11 Å². The first-order valence-electron chi connectivity index (χ1n) is 2.83. The third-order valence-electron chi connectivity index (χ3n) is 1.21. The Morgan fingerprint density at radius 2 is 2.00 bits per heavy atom. The monoisotopic (exact) mass is 160 g/mol. The number of aliphatic hydroxyl groups excluding tert-OH is 1. The summed E-state index contributed by atoms with van der Waals surface area (Å²) in [6.07, 6.45) is 2.33. The summed E-state index contributed by atoms with van der Waals surface area (Å²) < 4.78 is 0. The molecule has 0 aromatic heterocycles. The summed E-state index contributed by atoms with van der Waals surface area (Å²) in [6, 6.07) is 0. The van der Waals surface area contributed by atoms with Gasteiger partial charge in [-0.25, -0.2) is 0 Å². The molecule has 0 amide bonds. The van der Waals surface area contributed by atoms with E-state index in [1.807, 2.05) is 6.26 Å². The van der Waals surface area contributed by atoms with Gasteiger partial charge in [0.1, 0.15) is 0 Å². The van der Waals surface area contributed by atoms with Crippen LogP contribution in [0.1, 0.15) is 6.42 Å². The average Bonchev–Trinajstić information content (AvgIpc) is 2.39. The molecule has 0 spiro atoms. The van der Waals surface area contributed by atoms with E-state index < -0.39 is 4.99 Å². The molecular formula is C4H8N4OS. The zero-order chi connectivity index (χ0) is 7.45. The number of nitrogens with zero attached hydrogens (tertiary/aromatic N) is 4. The zero-order valence-corrected chi connectivity index (χ0v) is 6.38. The predicted molar refractivity (Wildman–Crippen MR) is 37.7 cm³/mol. The molecule has 0 radical (unpaired) electrons. The van der Waals surface area contributed by atoms with Gasteiger partial charge in [-0.2, -0.15) is 0 Å². The van der Waals surface area contributed by atoms with E-state index in [-0.39, 0.29) is 6.61 Å². The van der Waals surface area contributed by atoms with Gasteiger partial charge in [0.05, 0.1) is 0 Å². The van der Waals surface area contributed by atoms with Crippen LogP contribution in [0.4, 0.5) is 0 Å². The van der Waals surface area contributed by atoms with Crippen molar-refractivity contribution in [1.82, 2.24) is 0 Å². The molecule has 0 aliphatic carbocycles. The summed E-state index contributed by atoms with van der Waals surface area (Å²) in [5.74, 6) is 0. The Labute approximate surface area is 62.6 Å². The van der Waals surface area contributed by atoms with Crippen LogP contribution in [0, 0.1) is 0 Å². The standard InChI is InChI=1S/C4H8N4OS/c1-10-4(2-3-9)5-7-8-6-4/h9H,2-3H2,1H3. The van der Waals surface area contributed by atoms with Gasteiger partial charge >= 0.3 is 0 Å². The average molecular weight is 160 g/mol. The van der Waals surface area contributed by atoms with Crippen molar-refractivity contribution in [1.29, 1.82) is 0 Å². The van der Waals surface area contributed by atoms with E-state index in [1.54, 1.807) is 0 Å². The number of thioether (sulfide) groups is 1. The summed E-state index contributed by atoms with van der Waals surface area (Å²) in [5, 5.41) is 22.9. The van der Waals surface area contributed by atoms with Crippen LogP contribution in [-0.4, -0.2) is 23.0 Å². The highest BCUT2D eigenvalue weighted by Gasteiger charge is 2.30. The first-order valence-corrected chi connectivity index (χ1v) is 4.05. The Kier molecular flexibility index (Phi) is 2.34. The molecule has 5 nitrogen and oxygen atoms in total. The van der Waals surface area contributed by atoms with E-state index in [0.717, 1.165) is 0 Å². The molecule has 1 rings (SSSR count). The molecule has 56 valence electrons. The smallest absolute Gasteiger partial charge is 0.242 e. The van der Waals surface area contributed by atoms with Gasteiger partial charge in [0.15, 0.2) is 0 Å². The van der Waals surface area contributed by atoms with Crippen molar-refractivity contribution in [2.75, 3.05) is 12.9 Å². The van der Waals surface area contributed by atoms with Gasteiger partial charge in [-0.3, -0.25) is 0 Å². The maximum atomic E-state index is 8.61. The lowest BCUT2D eigenvalue weighted by Gasteiger charge is -2.13. The molecule has 0 fully saturated rings. The Morgan fingerprint density at radius 1 is 1.40 bits per heavy atom. The fourth-order valence-electron chi connectivity index (χ4n) is 0.629. The molecule has 0 bridgehead atoms. The Hall–Kier alpha value is -0.490. The largest absolute Gasteiger partial charge is 0.396 e. The normalized spacial score (nSPS) is 20.2. The first kappa shape index (κ1) is 7.62. The second kappa shape index (κ2) is 3.07. The van der Waals surface area contributed by atoms with Crippen molar-refractivity contribution in [2.45, 2.75) is 11.4 Å². The topological polar surface area (TPSA) is 69.7 Å². The third-order valence-corrected chi connectivity index (χ3v) is 2.23. The quantitative estimate of drug-likeness (QED) is 0.674. The third kappa shape index (κ3) is 1.32. The maximum absolute atomic E-state index is 8.61. The van der Waals surface area contributed by atoms with Crippen LogP contribution in [-0.2, 0) is 0 Å². The van der Waals surface area contributed by atoms with Crippen molar-refractivity contribution >= 4 is 11.8 Å². The van der Waals surface area contributed by atoms with Gasteiger partial charge in [-0.1, -0.05) is 0 Å². The fourth-order valence-corrected chi connectivity index (χ4v) is 1.16. The second-order valence-corrected chi connectivity index (χ2v) is 2.86. The van der Waals surface area contributed by atoms with Crippen LogP contribution in [0.2, 0.25) is 0 Å². The van der Waals surface area contributed by atoms with Gasteiger partial charge in [0.25, 0.3) is 0 Å². The van der Waals surface area contributed by atoms with Gasteiger partial charge in [-0.15, -0.1) is 22.0 Å². The van der Waals surface area contributed by atoms with Crippen molar-refractivity contribution in [3.8, 4) is 0 Å². The SMILES string of the molecule is CSC1(CCO)N=NN=N1. The highest BCUT2D eigenvalue weighted by atomic mass is 32.2. The molecule has 0 saturated heterocycles. The van der Waals surface area contributed by atoms with E-state index in [0.29, 0.717) is 6.42 Å². The lowest BCUT2D eigenvalue weighted by atomic mass is 10.4. The summed E-state index contributed by atoms with van der Waals surface area (Å²) in [6.45, 7) is 0.0544. The van der Waals surface area contributed by atoms with Crippen LogP contribution in [0.5, 0.6) is 0 Å². The molecule has 0 aromatic rings. The van der Waals surface area contributed by atoms with Crippen molar-refractivity contribution in [3.05, 3.63) is 0 Å². The molecule has 1 N–H and O–H groups in total. The van der Waals surface area contributed by atoms with Crippen LogP contribution in [0.25, 0.3) is 0 Å². The molecule has 1 aliphatic rings. The van der Waals surface area contributed by atoms with Crippen molar-refractivity contribution < 1.29 is 5.11 Å². The molecular weight excluding hydrogens is 152 g/mol. The first-order chi connectivity index (χ1) is 4.83. The summed E-state index contributed by atoms with van der Waals surface area (Å²) in [4.78, 5) is -0.630. The van der Waals surface area contributed by atoms with Crippen molar-refractivity contribution in [2.24, 2.45) is 20.7 Å². The minimum absolute atomic E-state index is 0.0544. The summed E-state index contributed by atoms with van der Waals surface area (Å²) >= 11 is 1.42. The molecule has 1 heterocycles.